The standard InChI is InChI=1S/C11H16BrN3O2/c1-2-3-13-10-8(12)6-14-11(15-10)9-7-16-4-5-17-9/h6,9H,2-5,7H2,1H3,(H,13,14,15). The first kappa shape index (κ1) is 12.7. The second kappa shape index (κ2) is 6.28. The molecule has 1 fully saturated rings. The molecular formula is C11H16BrN3O2. The predicted octanol–water partition coefficient (Wildman–Crippen LogP) is 2.15. The van der Waals surface area contributed by atoms with Crippen molar-refractivity contribution in [2.24, 2.45) is 0 Å². The van der Waals surface area contributed by atoms with Crippen molar-refractivity contribution in [1.82, 2.24) is 9.97 Å². The van der Waals surface area contributed by atoms with Crippen LogP contribution in [0.15, 0.2) is 10.7 Å². The van der Waals surface area contributed by atoms with Crippen molar-refractivity contribution in [1.29, 1.82) is 0 Å². The van der Waals surface area contributed by atoms with Crippen molar-refractivity contribution in [2.45, 2.75) is 19.4 Å². The van der Waals surface area contributed by atoms with Gasteiger partial charge in [0.05, 0.1) is 24.3 Å². The van der Waals surface area contributed by atoms with E-state index in [1.54, 1.807) is 6.20 Å². The Morgan fingerprint density at radius 1 is 1.53 bits per heavy atom. The van der Waals surface area contributed by atoms with Crippen molar-refractivity contribution < 1.29 is 9.47 Å². The molecule has 6 heteroatoms. The molecule has 0 bridgehead atoms. The highest BCUT2D eigenvalue weighted by molar-refractivity contribution is 9.10. The Kier molecular flexibility index (Phi) is 4.70. The maximum absolute atomic E-state index is 5.57. The first-order valence-corrected chi connectivity index (χ1v) is 6.56. The van der Waals surface area contributed by atoms with Crippen molar-refractivity contribution in [3.05, 3.63) is 16.5 Å². The smallest absolute Gasteiger partial charge is 0.161 e. The molecular weight excluding hydrogens is 286 g/mol. The van der Waals surface area contributed by atoms with Crippen LogP contribution in [0.5, 0.6) is 0 Å². The third kappa shape index (κ3) is 3.37. The summed E-state index contributed by atoms with van der Waals surface area (Å²) in [6.45, 7) is 4.77. The summed E-state index contributed by atoms with van der Waals surface area (Å²) < 4.78 is 11.8. The highest BCUT2D eigenvalue weighted by Gasteiger charge is 2.20. The van der Waals surface area contributed by atoms with E-state index < -0.39 is 0 Å². The van der Waals surface area contributed by atoms with Gasteiger partial charge >= 0.3 is 0 Å². The van der Waals surface area contributed by atoms with E-state index in [2.05, 4.69) is 38.1 Å². The second-order valence-corrected chi connectivity index (χ2v) is 4.64. The SMILES string of the molecule is CCCNc1nc(C2COCCO2)ncc1Br. The van der Waals surface area contributed by atoms with Gasteiger partial charge in [-0.2, -0.15) is 0 Å². The number of aromatic nitrogens is 2. The highest BCUT2D eigenvalue weighted by Crippen LogP contribution is 2.23. The van der Waals surface area contributed by atoms with Crippen LogP contribution in [-0.4, -0.2) is 36.3 Å². The fourth-order valence-electron chi connectivity index (χ4n) is 1.54. The van der Waals surface area contributed by atoms with Gasteiger partial charge in [0, 0.05) is 12.7 Å². The van der Waals surface area contributed by atoms with Gasteiger partial charge < -0.3 is 14.8 Å². The van der Waals surface area contributed by atoms with E-state index in [-0.39, 0.29) is 6.10 Å². The summed E-state index contributed by atoms with van der Waals surface area (Å²) in [5, 5.41) is 3.25. The van der Waals surface area contributed by atoms with E-state index in [0.717, 1.165) is 23.3 Å². The molecule has 0 spiro atoms. The first-order chi connectivity index (χ1) is 8.31. The summed E-state index contributed by atoms with van der Waals surface area (Å²) >= 11 is 3.43. The molecule has 17 heavy (non-hydrogen) atoms. The van der Waals surface area contributed by atoms with Crippen LogP contribution in [0.1, 0.15) is 25.3 Å². The van der Waals surface area contributed by atoms with Gasteiger partial charge in [-0.05, 0) is 22.4 Å². The molecule has 1 atom stereocenters. The molecule has 1 aliphatic rings. The third-order valence-corrected chi connectivity index (χ3v) is 2.99. The van der Waals surface area contributed by atoms with Crippen LogP contribution < -0.4 is 5.32 Å². The minimum Gasteiger partial charge on any atom is -0.376 e. The van der Waals surface area contributed by atoms with Crippen LogP contribution in [-0.2, 0) is 9.47 Å². The van der Waals surface area contributed by atoms with E-state index in [9.17, 15) is 0 Å². The maximum Gasteiger partial charge on any atom is 0.161 e. The van der Waals surface area contributed by atoms with Gasteiger partial charge in [0.25, 0.3) is 0 Å². The second-order valence-electron chi connectivity index (χ2n) is 3.79. The topological polar surface area (TPSA) is 56.3 Å². The monoisotopic (exact) mass is 301 g/mol. The third-order valence-electron chi connectivity index (χ3n) is 2.41. The molecule has 2 rings (SSSR count). The van der Waals surface area contributed by atoms with Crippen LogP contribution in [0.2, 0.25) is 0 Å². The number of halogens is 1. The Labute approximate surface area is 109 Å². The first-order valence-electron chi connectivity index (χ1n) is 5.77. The Morgan fingerprint density at radius 2 is 2.41 bits per heavy atom. The molecule has 5 nitrogen and oxygen atoms in total. The molecule has 1 N–H and O–H groups in total. The molecule has 94 valence electrons. The van der Waals surface area contributed by atoms with Crippen LogP contribution in [0.3, 0.4) is 0 Å². The molecule has 0 aliphatic carbocycles. The summed E-state index contributed by atoms with van der Waals surface area (Å²) in [6, 6.07) is 0. The van der Waals surface area contributed by atoms with Crippen LogP contribution in [0.4, 0.5) is 5.82 Å². The Balaban J connectivity index is 2.11. The number of anilines is 1. The lowest BCUT2D eigenvalue weighted by Gasteiger charge is -2.22. The summed E-state index contributed by atoms with van der Waals surface area (Å²) in [5.41, 5.74) is 0. The molecule has 0 aromatic carbocycles. The molecule has 0 radical (unpaired) electrons. The number of hydrogen-bond acceptors (Lipinski definition) is 5. The Bertz CT molecular complexity index is 370. The van der Waals surface area contributed by atoms with Gasteiger partial charge in [-0.15, -0.1) is 0 Å². The quantitative estimate of drug-likeness (QED) is 0.923. The lowest BCUT2D eigenvalue weighted by atomic mass is 10.3. The number of nitrogens with one attached hydrogen (secondary N) is 1. The van der Waals surface area contributed by atoms with Crippen LogP contribution in [0, 0.1) is 0 Å². The average molecular weight is 302 g/mol. The summed E-state index contributed by atoms with van der Waals surface area (Å²) in [5.74, 6) is 1.48. The zero-order valence-electron chi connectivity index (χ0n) is 9.78. The molecule has 0 saturated carbocycles. The molecule has 1 aromatic heterocycles. The molecule has 1 unspecified atom stereocenters. The molecule has 2 heterocycles. The number of hydrogen-bond donors (Lipinski definition) is 1. The summed E-state index contributed by atoms with van der Waals surface area (Å²) in [4.78, 5) is 8.73. The van der Waals surface area contributed by atoms with E-state index >= 15 is 0 Å². The number of nitrogens with zero attached hydrogens (tertiary/aromatic N) is 2. The predicted molar refractivity (Wildman–Crippen MR) is 68.0 cm³/mol. The van der Waals surface area contributed by atoms with Gasteiger partial charge in [-0.25, -0.2) is 9.97 Å². The number of ether oxygens (including phenoxy) is 2. The van der Waals surface area contributed by atoms with E-state index in [4.69, 9.17) is 9.47 Å². The van der Waals surface area contributed by atoms with Crippen LogP contribution >= 0.6 is 15.9 Å². The normalized spacial score (nSPS) is 20.2. The zero-order chi connectivity index (χ0) is 12.1. The molecule has 1 saturated heterocycles. The zero-order valence-corrected chi connectivity index (χ0v) is 11.4. The minimum atomic E-state index is -0.154. The van der Waals surface area contributed by atoms with Crippen molar-refractivity contribution in [2.75, 3.05) is 31.7 Å². The lowest BCUT2D eigenvalue weighted by Crippen LogP contribution is -2.24. The van der Waals surface area contributed by atoms with Gasteiger partial charge in [0.1, 0.15) is 11.9 Å². The fraction of sp³-hybridized carbons (Fsp3) is 0.636. The van der Waals surface area contributed by atoms with Crippen molar-refractivity contribution in [3.8, 4) is 0 Å². The maximum atomic E-state index is 5.57. The van der Waals surface area contributed by atoms with Gasteiger partial charge in [0.2, 0.25) is 0 Å². The van der Waals surface area contributed by atoms with E-state index in [1.165, 1.54) is 0 Å². The van der Waals surface area contributed by atoms with Crippen molar-refractivity contribution in [3.63, 3.8) is 0 Å². The summed E-state index contributed by atoms with van der Waals surface area (Å²) in [7, 11) is 0. The van der Waals surface area contributed by atoms with Crippen molar-refractivity contribution >= 4 is 21.7 Å². The van der Waals surface area contributed by atoms with Gasteiger partial charge in [0.15, 0.2) is 5.82 Å². The highest BCUT2D eigenvalue weighted by atomic mass is 79.9. The fourth-order valence-corrected chi connectivity index (χ4v) is 1.87. The molecule has 1 aliphatic heterocycles. The molecule has 1 aromatic rings. The largest absolute Gasteiger partial charge is 0.376 e. The van der Waals surface area contributed by atoms with Gasteiger partial charge in [-0.3, -0.25) is 0 Å². The van der Waals surface area contributed by atoms with Crippen LogP contribution in [0.25, 0.3) is 0 Å². The molecule has 0 amide bonds. The van der Waals surface area contributed by atoms with E-state index in [1.807, 2.05) is 0 Å². The Hall–Kier alpha value is -0.720. The van der Waals surface area contributed by atoms with E-state index in [0.29, 0.717) is 25.6 Å². The average Bonchev–Trinajstić information content (AvgIpc) is 2.39. The lowest BCUT2D eigenvalue weighted by molar-refractivity contribution is -0.0934. The van der Waals surface area contributed by atoms with Gasteiger partial charge in [-0.1, -0.05) is 6.92 Å². The number of rotatable bonds is 4. The summed E-state index contributed by atoms with van der Waals surface area (Å²) in [6.07, 6.45) is 2.65. The Morgan fingerprint density at radius 3 is 3.12 bits per heavy atom. The minimum absolute atomic E-state index is 0.154.